The quantitative estimate of drug-likeness (QED) is 0.788. The molecule has 2 atom stereocenters. The Bertz CT molecular complexity index is 765. The lowest BCUT2D eigenvalue weighted by molar-refractivity contribution is 0.326. The normalized spacial score (nSPS) is 22.3. The van der Waals surface area contributed by atoms with Crippen LogP contribution in [0.4, 0.5) is 3.89 Å². The molecule has 0 unspecified atom stereocenters. The third-order valence-electron chi connectivity index (χ3n) is 4.25. The van der Waals surface area contributed by atoms with Gasteiger partial charge in [0.1, 0.15) is 5.25 Å². The zero-order chi connectivity index (χ0) is 16.4. The van der Waals surface area contributed by atoms with Crippen LogP contribution >= 0.6 is 11.6 Å². The maximum atomic E-state index is 13.7. The lowest BCUT2D eigenvalue weighted by Gasteiger charge is -2.16. The molecule has 6 heteroatoms. The summed E-state index contributed by atoms with van der Waals surface area (Å²) in [5, 5.41) is -0.458. The van der Waals surface area contributed by atoms with Gasteiger partial charge in [-0.3, -0.25) is 4.90 Å². The van der Waals surface area contributed by atoms with Crippen LogP contribution in [0.2, 0.25) is 5.02 Å². The molecule has 0 bridgehead atoms. The van der Waals surface area contributed by atoms with E-state index in [2.05, 4.69) is 0 Å². The summed E-state index contributed by atoms with van der Waals surface area (Å²) < 4.78 is 36.9. The second-order valence-corrected chi connectivity index (χ2v) is 7.84. The fourth-order valence-electron chi connectivity index (χ4n) is 3.14. The third kappa shape index (κ3) is 3.91. The highest BCUT2D eigenvalue weighted by Crippen LogP contribution is 2.34. The SMILES string of the molecule is O=S(=O)(F)[C@@H]1CN(Cc2ccccc2)C[C@@H]1c1ccc(Cl)cc1. The summed E-state index contributed by atoms with van der Waals surface area (Å²) in [7, 11) is -4.61. The Kier molecular flexibility index (Phi) is 4.71. The van der Waals surface area contributed by atoms with E-state index in [-0.39, 0.29) is 12.5 Å². The van der Waals surface area contributed by atoms with Crippen LogP contribution in [0.3, 0.4) is 0 Å². The molecule has 122 valence electrons. The Hall–Kier alpha value is -1.43. The first-order valence-electron chi connectivity index (χ1n) is 7.39. The molecule has 3 rings (SSSR count). The van der Waals surface area contributed by atoms with Crippen molar-refractivity contribution in [1.82, 2.24) is 4.90 Å². The van der Waals surface area contributed by atoms with Crippen LogP contribution < -0.4 is 0 Å². The first kappa shape index (κ1) is 16.4. The van der Waals surface area contributed by atoms with E-state index in [0.29, 0.717) is 18.1 Å². The number of likely N-dealkylation sites (tertiary alicyclic amines) is 1. The second-order valence-electron chi connectivity index (χ2n) is 5.85. The van der Waals surface area contributed by atoms with Gasteiger partial charge in [-0.25, -0.2) is 0 Å². The molecule has 1 aliphatic heterocycles. The molecule has 0 N–H and O–H groups in total. The smallest absolute Gasteiger partial charge is 0.297 e. The molecule has 1 heterocycles. The third-order valence-corrected chi connectivity index (χ3v) is 5.70. The van der Waals surface area contributed by atoms with E-state index in [4.69, 9.17) is 11.6 Å². The summed E-state index contributed by atoms with van der Waals surface area (Å²) in [6.45, 7) is 1.31. The van der Waals surface area contributed by atoms with Crippen molar-refractivity contribution in [2.24, 2.45) is 0 Å². The van der Waals surface area contributed by atoms with E-state index >= 15 is 0 Å². The highest BCUT2D eigenvalue weighted by atomic mass is 35.5. The number of hydrogen-bond donors (Lipinski definition) is 0. The van der Waals surface area contributed by atoms with E-state index in [9.17, 15) is 12.3 Å². The topological polar surface area (TPSA) is 37.4 Å². The number of benzene rings is 2. The van der Waals surface area contributed by atoms with Crippen molar-refractivity contribution in [1.29, 1.82) is 0 Å². The van der Waals surface area contributed by atoms with Crippen molar-refractivity contribution in [2.75, 3.05) is 13.1 Å². The average Bonchev–Trinajstić information content (AvgIpc) is 2.93. The van der Waals surface area contributed by atoms with Gasteiger partial charge in [0.15, 0.2) is 0 Å². The summed E-state index contributed by atoms with van der Waals surface area (Å²) in [5.74, 6) is -0.383. The van der Waals surface area contributed by atoms with Gasteiger partial charge in [-0.05, 0) is 23.3 Å². The Morgan fingerprint density at radius 1 is 1.04 bits per heavy atom. The monoisotopic (exact) mass is 353 g/mol. The first-order valence-corrected chi connectivity index (χ1v) is 9.21. The molecule has 0 aromatic heterocycles. The summed E-state index contributed by atoms with van der Waals surface area (Å²) in [6, 6.07) is 16.7. The fraction of sp³-hybridized carbons (Fsp3) is 0.294. The van der Waals surface area contributed by atoms with Crippen LogP contribution in [0.5, 0.6) is 0 Å². The standard InChI is InChI=1S/C17H17ClFNO2S/c18-15-8-6-14(7-9-15)16-11-20(12-17(16)23(19,21)22)10-13-4-2-1-3-5-13/h1-9,16-17H,10-12H2/t16-,17-/m1/s1. The Labute approximate surface area is 140 Å². The molecule has 0 radical (unpaired) electrons. The molecule has 0 aliphatic carbocycles. The van der Waals surface area contributed by atoms with Crippen molar-refractivity contribution < 1.29 is 12.3 Å². The van der Waals surface area contributed by atoms with Crippen molar-refractivity contribution in [3.8, 4) is 0 Å². The fourth-order valence-corrected chi connectivity index (χ4v) is 4.29. The van der Waals surface area contributed by atoms with Crippen LogP contribution in [0.1, 0.15) is 17.0 Å². The molecule has 0 saturated carbocycles. The van der Waals surface area contributed by atoms with Crippen LogP contribution in [0.15, 0.2) is 54.6 Å². The van der Waals surface area contributed by atoms with Gasteiger partial charge in [0.2, 0.25) is 0 Å². The van der Waals surface area contributed by atoms with E-state index in [1.165, 1.54) is 0 Å². The van der Waals surface area contributed by atoms with Gasteiger partial charge in [-0.2, -0.15) is 8.42 Å². The second kappa shape index (κ2) is 6.59. The Balaban J connectivity index is 1.84. The number of nitrogens with zero attached hydrogens (tertiary/aromatic N) is 1. The van der Waals surface area contributed by atoms with Gasteiger partial charge >= 0.3 is 10.2 Å². The molecule has 1 saturated heterocycles. The van der Waals surface area contributed by atoms with E-state index in [1.807, 2.05) is 35.2 Å². The van der Waals surface area contributed by atoms with E-state index in [1.54, 1.807) is 24.3 Å². The van der Waals surface area contributed by atoms with Crippen molar-refractivity contribution >= 4 is 21.8 Å². The van der Waals surface area contributed by atoms with Crippen LogP contribution in [0, 0.1) is 0 Å². The summed E-state index contributed by atoms with van der Waals surface area (Å²) in [4.78, 5) is 1.98. The zero-order valence-corrected chi connectivity index (χ0v) is 14.0. The van der Waals surface area contributed by atoms with Gasteiger partial charge in [-0.1, -0.05) is 54.1 Å². The van der Waals surface area contributed by atoms with Crippen molar-refractivity contribution in [3.05, 3.63) is 70.7 Å². The molecule has 3 nitrogen and oxygen atoms in total. The minimum atomic E-state index is -4.61. The molecule has 1 aliphatic rings. The lowest BCUT2D eigenvalue weighted by Crippen LogP contribution is -2.26. The van der Waals surface area contributed by atoms with Crippen molar-refractivity contribution in [3.63, 3.8) is 0 Å². The molecule has 2 aromatic rings. The zero-order valence-electron chi connectivity index (χ0n) is 12.4. The van der Waals surface area contributed by atoms with Gasteiger partial charge < -0.3 is 0 Å². The number of hydrogen-bond acceptors (Lipinski definition) is 3. The predicted molar refractivity (Wildman–Crippen MR) is 89.7 cm³/mol. The molecular weight excluding hydrogens is 337 g/mol. The first-order chi connectivity index (χ1) is 10.9. The molecule has 2 aromatic carbocycles. The molecule has 0 spiro atoms. The molecule has 1 fully saturated rings. The van der Waals surface area contributed by atoms with E-state index < -0.39 is 15.5 Å². The highest BCUT2D eigenvalue weighted by Gasteiger charge is 2.42. The van der Waals surface area contributed by atoms with Crippen molar-refractivity contribution in [2.45, 2.75) is 17.7 Å². The highest BCUT2D eigenvalue weighted by molar-refractivity contribution is 7.87. The lowest BCUT2D eigenvalue weighted by atomic mass is 9.98. The summed E-state index contributed by atoms with van der Waals surface area (Å²) >= 11 is 5.88. The maximum Gasteiger partial charge on any atom is 0.307 e. The Morgan fingerprint density at radius 3 is 2.30 bits per heavy atom. The van der Waals surface area contributed by atoms with Gasteiger partial charge in [0, 0.05) is 30.6 Å². The minimum Gasteiger partial charge on any atom is -0.297 e. The van der Waals surface area contributed by atoms with Gasteiger partial charge in [-0.15, -0.1) is 3.89 Å². The van der Waals surface area contributed by atoms with Gasteiger partial charge in [0.25, 0.3) is 0 Å². The average molecular weight is 354 g/mol. The van der Waals surface area contributed by atoms with Crippen LogP contribution in [0.25, 0.3) is 0 Å². The molecule has 23 heavy (non-hydrogen) atoms. The molecular formula is C17H17ClFNO2S. The largest absolute Gasteiger partial charge is 0.307 e. The minimum absolute atomic E-state index is 0.195. The van der Waals surface area contributed by atoms with Crippen LogP contribution in [-0.2, 0) is 16.8 Å². The van der Waals surface area contributed by atoms with Gasteiger partial charge in [0.05, 0.1) is 0 Å². The number of rotatable bonds is 4. The Morgan fingerprint density at radius 2 is 1.70 bits per heavy atom. The van der Waals surface area contributed by atoms with E-state index in [0.717, 1.165) is 11.1 Å². The molecule has 0 amide bonds. The predicted octanol–water partition coefficient (Wildman–Crippen LogP) is 3.61. The number of halogens is 2. The van der Waals surface area contributed by atoms with Crippen LogP contribution in [-0.4, -0.2) is 31.7 Å². The summed E-state index contributed by atoms with van der Waals surface area (Å²) in [6.07, 6.45) is 0. The maximum absolute atomic E-state index is 13.7. The summed E-state index contributed by atoms with van der Waals surface area (Å²) in [5.41, 5.74) is 1.88.